The van der Waals surface area contributed by atoms with E-state index in [2.05, 4.69) is 17.1 Å². The van der Waals surface area contributed by atoms with Gasteiger partial charge in [0.05, 0.1) is 6.10 Å². The lowest BCUT2D eigenvalue weighted by molar-refractivity contribution is 0.133. The highest BCUT2D eigenvalue weighted by Crippen LogP contribution is 2.57. The van der Waals surface area contributed by atoms with Crippen LogP contribution in [0.25, 0.3) is 0 Å². The van der Waals surface area contributed by atoms with Gasteiger partial charge in [-0.3, -0.25) is 0 Å². The minimum absolute atomic E-state index is 0.176. The topological polar surface area (TPSA) is 59.1 Å². The molecule has 3 rings (SSSR count). The second kappa shape index (κ2) is 4.35. The molecule has 1 aromatic carbocycles. The molecule has 0 bridgehead atoms. The SMILES string of the molecule is Cc1cnc(N)c(C(O)C2(c3ccccc3)CC2)c1. The molecule has 1 aliphatic rings. The normalized spacial score (nSPS) is 18.0. The number of benzene rings is 1. The molecule has 98 valence electrons. The van der Waals surface area contributed by atoms with Crippen LogP contribution in [0.15, 0.2) is 42.6 Å². The highest BCUT2D eigenvalue weighted by Gasteiger charge is 2.51. The predicted octanol–water partition coefficient (Wildman–Crippen LogP) is 2.74. The van der Waals surface area contributed by atoms with Crippen LogP contribution in [0.1, 0.15) is 35.6 Å². The van der Waals surface area contributed by atoms with E-state index in [1.807, 2.05) is 31.2 Å². The lowest BCUT2D eigenvalue weighted by Gasteiger charge is -2.24. The van der Waals surface area contributed by atoms with Gasteiger partial charge in [-0.2, -0.15) is 0 Å². The number of aliphatic hydroxyl groups is 1. The molecule has 0 saturated heterocycles. The Kier molecular flexibility index (Phi) is 2.79. The summed E-state index contributed by atoms with van der Waals surface area (Å²) in [5, 5.41) is 10.7. The lowest BCUT2D eigenvalue weighted by atomic mass is 9.86. The van der Waals surface area contributed by atoms with E-state index in [9.17, 15) is 5.11 Å². The van der Waals surface area contributed by atoms with E-state index in [0.29, 0.717) is 5.82 Å². The first-order valence-electron chi connectivity index (χ1n) is 6.59. The molecule has 0 aliphatic heterocycles. The molecule has 0 amide bonds. The zero-order valence-corrected chi connectivity index (χ0v) is 11.0. The maximum Gasteiger partial charge on any atom is 0.129 e. The van der Waals surface area contributed by atoms with E-state index in [-0.39, 0.29) is 5.41 Å². The highest BCUT2D eigenvalue weighted by molar-refractivity contribution is 5.47. The van der Waals surface area contributed by atoms with Gasteiger partial charge in [0.1, 0.15) is 5.82 Å². The number of nitrogens with zero attached hydrogens (tertiary/aromatic N) is 1. The second-order valence-corrected chi connectivity index (χ2v) is 5.41. The van der Waals surface area contributed by atoms with Crippen LogP contribution in [0.5, 0.6) is 0 Å². The molecule has 19 heavy (non-hydrogen) atoms. The van der Waals surface area contributed by atoms with Gasteiger partial charge in [0.2, 0.25) is 0 Å². The van der Waals surface area contributed by atoms with E-state index < -0.39 is 6.10 Å². The molecule has 3 heteroatoms. The number of nitrogen functional groups attached to an aromatic ring is 1. The van der Waals surface area contributed by atoms with Crippen molar-refractivity contribution in [1.29, 1.82) is 0 Å². The van der Waals surface area contributed by atoms with Gasteiger partial charge in [0.15, 0.2) is 0 Å². The Morgan fingerprint density at radius 1 is 1.26 bits per heavy atom. The molecule has 1 saturated carbocycles. The first-order chi connectivity index (χ1) is 9.13. The summed E-state index contributed by atoms with van der Waals surface area (Å²) in [5.41, 5.74) is 8.70. The molecule has 1 aromatic heterocycles. The van der Waals surface area contributed by atoms with Crippen molar-refractivity contribution in [3.05, 3.63) is 59.3 Å². The number of aliphatic hydroxyl groups excluding tert-OH is 1. The smallest absolute Gasteiger partial charge is 0.129 e. The number of aromatic nitrogens is 1. The molecule has 1 unspecified atom stereocenters. The summed E-state index contributed by atoms with van der Waals surface area (Å²) < 4.78 is 0. The third-order valence-electron chi connectivity index (χ3n) is 4.04. The van der Waals surface area contributed by atoms with E-state index in [1.54, 1.807) is 6.20 Å². The van der Waals surface area contributed by atoms with Crippen molar-refractivity contribution in [2.75, 3.05) is 5.73 Å². The number of nitrogens with two attached hydrogens (primary N) is 1. The van der Waals surface area contributed by atoms with Gasteiger partial charge < -0.3 is 10.8 Å². The largest absolute Gasteiger partial charge is 0.387 e. The molecule has 2 aromatic rings. The fraction of sp³-hybridized carbons (Fsp3) is 0.312. The van der Waals surface area contributed by atoms with Gasteiger partial charge in [-0.05, 0) is 37.0 Å². The molecule has 1 fully saturated rings. The van der Waals surface area contributed by atoms with Gasteiger partial charge in [-0.15, -0.1) is 0 Å². The molecule has 1 atom stereocenters. The molecule has 3 N–H and O–H groups in total. The Morgan fingerprint density at radius 2 is 1.95 bits per heavy atom. The van der Waals surface area contributed by atoms with Crippen LogP contribution in [0.2, 0.25) is 0 Å². The van der Waals surface area contributed by atoms with E-state index in [4.69, 9.17) is 5.73 Å². The zero-order valence-electron chi connectivity index (χ0n) is 11.0. The first kappa shape index (κ1) is 12.2. The van der Waals surface area contributed by atoms with Gasteiger partial charge in [-0.25, -0.2) is 4.98 Å². The maximum atomic E-state index is 10.7. The molecule has 0 spiro atoms. The quantitative estimate of drug-likeness (QED) is 0.885. The van der Waals surface area contributed by atoms with Crippen molar-refractivity contribution in [3.63, 3.8) is 0 Å². The Labute approximate surface area is 113 Å². The minimum Gasteiger partial charge on any atom is -0.387 e. The molecular weight excluding hydrogens is 236 g/mol. The zero-order chi connectivity index (χ0) is 13.5. The van der Waals surface area contributed by atoms with Crippen LogP contribution in [-0.4, -0.2) is 10.1 Å². The standard InChI is InChI=1S/C16H18N2O/c1-11-9-13(15(17)18-10-11)14(19)16(7-8-16)12-5-3-2-4-6-12/h2-6,9-10,14,19H,7-8H2,1H3,(H2,17,18). The van der Waals surface area contributed by atoms with Gasteiger partial charge in [-0.1, -0.05) is 30.3 Å². The number of rotatable bonds is 3. The number of anilines is 1. The summed E-state index contributed by atoms with van der Waals surface area (Å²) in [6.45, 7) is 1.96. The summed E-state index contributed by atoms with van der Waals surface area (Å²) >= 11 is 0. The molecule has 1 aliphatic carbocycles. The van der Waals surface area contributed by atoms with Crippen molar-refractivity contribution in [1.82, 2.24) is 4.98 Å². The third-order valence-corrected chi connectivity index (χ3v) is 4.04. The Bertz CT molecular complexity index is 591. The fourth-order valence-corrected chi connectivity index (χ4v) is 2.74. The van der Waals surface area contributed by atoms with Crippen molar-refractivity contribution in [3.8, 4) is 0 Å². The Hall–Kier alpha value is -1.87. The molecule has 3 nitrogen and oxygen atoms in total. The average molecular weight is 254 g/mol. The van der Waals surface area contributed by atoms with Gasteiger partial charge in [0.25, 0.3) is 0 Å². The van der Waals surface area contributed by atoms with Crippen LogP contribution in [0.4, 0.5) is 5.82 Å². The third kappa shape index (κ3) is 2.00. The maximum absolute atomic E-state index is 10.7. The van der Waals surface area contributed by atoms with Crippen molar-refractivity contribution >= 4 is 5.82 Å². The minimum atomic E-state index is -0.581. The van der Waals surface area contributed by atoms with Gasteiger partial charge in [0, 0.05) is 17.2 Å². The van der Waals surface area contributed by atoms with E-state index >= 15 is 0 Å². The summed E-state index contributed by atoms with van der Waals surface area (Å²) in [6, 6.07) is 12.1. The molecular formula is C16H18N2O. The van der Waals surface area contributed by atoms with Crippen molar-refractivity contribution in [2.24, 2.45) is 0 Å². The van der Waals surface area contributed by atoms with Crippen LogP contribution in [0.3, 0.4) is 0 Å². The van der Waals surface area contributed by atoms with Crippen LogP contribution in [-0.2, 0) is 5.41 Å². The number of pyridine rings is 1. The number of hydrogen-bond acceptors (Lipinski definition) is 3. The van der Waals surface area contributed by atoms with Crippen molar-refractivity contribution < 1.29 is 5.11 Å². The monoisotopic (exact) mass is 254 g/mol. The van der Waals surface area contributed by atoms with Crippen LogP contribution < -0.4 is 5.73 Å². The van der Waals surface area contributed by atoms with E-state index in [1.165, 1.54) is 5.56 Å². The first-order valence-corrected chi connectivity index (χ1v) is 6.59. The number of aryl methyl sites for hydroxylation is 1. The predicted molar refractivity (Wildman–Crippen MR) is 75.7 cm³/mol. The summed E-state index contributed by atoms with van der Waals surface area (Å²) in [6.07, 6.45) is 3.13. The lowest BCUT2D eigenvalue weighted by Crippen LogP contribution is -2.20. The molecule has 0 radical (unpaired) electrons. The number of hydrogen-bond donors (Lipinski definition) is 2. The summed E-state index contributed by atoms with van der Waals surface area (Å²) in [4.78, 5) is 4.15. The average Bonchev–Trinajstić information content (AvgIpc) is 3.23. The highest BCUT2D eigenvalue weighted by atomic mass is 16.3. The second-order valence-electron chi connectivity index (χ2n) is 5.41. The molecule has 1 heterocycles. The van der Waals surface area contributed by atoms with E-state index in [0.717, 1.165) is 24.0 Å². The fourth-order valence-electron chi connectivity index (χ4n) is 2.74. The van der Waals surface area contributed by atoms with Crippen LogP contribution >= 0.6 is 0 Å². The Morgan fingerprint density at radius 3 is 2.58 bits per heavy atom. The van der Waals surface area contributed by atoms with Crippen molar-refractivity contribution in [2.45, 2.75) is 31.3 Å². The van der Waals surface area contributed by atoms with Crippen LogP contribution in [0, 0.1) is 6.92 Å². The summed E-state index contributed by atoms with van der Waals surface area (Å²) in [7, 11) is 0. The summed E-state index contributed by atoms with van der Waals surface area (Å²) in [5.74, 6) is 0.431. The Balaban J connectivity index is 2.00. The van der Waals surface area contributed by atoms with Gasteiger partial charge >= 0.3 is 0 Å².